The minimum Gasteiger partial charge on any atom is -0.462 e. The molecular weight excluding hydrogens is 218 g/mol. The van der Waals surface area contributed by atoms with Gasteiger partial charge in [-0.25, -0.2) is 9.59 Å². The highest BCUT2D eigenvalue weighted by atomic mass is 16.5. The summed E-state index contributed by atoms with van der Waals surface area (Å²) in [5.74, 6) is 1.35. The monoisotopic (exact) mass is 233 g/mol. The van der Waals surface area contributed by atoms with Gasteiger partial charge < -0.3 is 10.5 Å². The van der Waals surface area contributed by atoms with Crippen LogP contribution in [0.5, 0.6) is 0 Å². The highest BCUT2D eigenvalue weighted by molar-refractivity contribution is 5.89. The van der Waals surface area contributed by atoms with Crippen LogP contribution in [0.15, 0.2) is 35.9 Å². The van der Waals surface area contributed by atoms with E-state index < -0.39 is 6.04 Å². The number of hydrogen-bond donors (Lipinski definition) is 1. The predicted octanol–water partition coefficient (Wildman–Crippen LogP) is 1.34. The number of carbonyl (C=O) groups is 1. The normalized spacial score (nSPS) is 11.4. The number of nitrogens with two attached hydrogens (primary N) is 1. The molecule has 0 fully saturated rings. The van der Waals surface area contributed by atoms with Gasteiger partial charge in [0, 0.05) is 18.0 Å². The van der Waals surface area contributed by atoms with Crippen molar-refractivity contribution in [3.63, 3.8) is 0 Å². The van der Waals surface area contributed by atoms with Crippen LogP contribution >= 0.6 is 0 Å². The number of rotatable bonds is 5. The molecule has 1 unspecified atom stereocenters. The molecule has 90 valence electrons. The predicted molar refractivity (Wildman–Crippen MR) is 64.2 cm³/mol. The minimum absolute atomic E-state index is 0.188. The standard InChI is InChI=1S/C13H15NO3/c1-10(9-15)12(14)7-8-17-13(16)11-5-3-2-4-6-11/h2-6,12H,7-8,14H2,1H3. The molecule has 0 bridgehead atoms. The van der Waals surface area contributed by atoms with Crippen LogP contribution in [0, 0.1) is 0 Å². The molecule has 0 spiro atoms. The third-order valence-corrected chi connectivity index (χ3v) is 2.39. The minimum atomic E-state index is -0.406. The average Bonchev–Trinajstić information content (AvgIpc) is 2.38. The molecular formula is C13H15NO3. The smallest absolute Gasteiger partial charge is 0.338 e. The summed E-state index contributed by atoms with van der Waals surface area (Å²) in [5, 5.41) is 0. The highest BCUT2D eigenvalue weighted by Gasteiger charge is 2.09. The summed E-state index contributed by atoms with van der Waals surface area (Å²) < 4.78 is 5.03. The fourth-order valence-electron chi connectivity index (χ4n) is 1.23. The van der Waals surface area contributed by atoms with Crippen molar-refractivity contribution < 1.29 is 14.3 Å². The molecule has 0 radical (unpaired) electrons. The fourth-order valence-corrected chi connectivity index (χ4v) is 1.23. The van der Waals surface area contributed by atoms with Gasteiger partial charge in [-0.05, 0) is 19.1 Å². The largest absolute Gasteiger partial charge is 0.462 e. The first-order valence-electron chi connectivity index (χ1n) is 5.34. The van der Waals surface area contributed by atoms with Gasteiger partial charge in [0.1, 0.15) is 5.94 Å². The van der Waals surface area contributed by atoms with E-state index in [0.29, 0.717) is 17.6 Å². The first-order valence-corrected chi connectivity index (χ1v) is 5.34. The van der Waals surface area contributed by atoms with Crippen LogP contribution in [0.3, 0.4) is 0 Å². The van der Waals surface area contributed by atoms with E-state index in [-0.39, 0.29) is 12.6 Å². The summed E-state index contributed by atoms with van der Waals surface area (Å²) in [4.78, 5) is 21.8. The van der Waals surface area contributed by atoms with Crippen molar-refractivity contribution in [1.82, 2.24) is 0 Å². The molecule has 0 saturated carbocycles. The molecule has 1 aromatic rings. The lowest BCUT2D eigenvalue weighted by Gasteiger charge is -2.09. The van der Waals surface area contributed by atoms with Crippen molar-refractivity contribution in [3.05, 3.63) is 41.5 Å². The Morgan fingerprint density at radius 1 is 1.41 bits per heavy atom. The van der Waals surface area contributed by atoms with Gasteiger partial charge in [0.2, 0.25) is 0 Å². The molecule has 0 aliphatic heterocycles. The zero-order chi connectivity index (χ0) is 12.7. The SMILES string of the molecule is CC(=C=O)C(N)CCOC(=O)c1ccccc1. The second-order valence-corrected chi connectivity index (χ2v) is 3.68. The van der Waals surface area contributed by atoms with Crippen LogP contribution in [0.2, 0.25) is 0 Å². The van der Waals surface area contributed by atoms with Crippen molar-refractivity contribution >= 4 is 11.9 Å². The summed E-state index contributed by atoms with van der Waals surface area (Å²) in [6, 6.07) is 8.31. The molecule has 0 aromatic heterocycles. The summed E-state index contributed by atoms with van der Waals surface area (Å²) in [7, 11) is 0. The maximum Gasteiger partial charge on any atom is 0.338 e. The van der Waals surface area contributed by atoms with Gasteiger partial charge >= 0.3 is 5.97 Å². The molecule has 1 rings (SSSR count). The van der Waals surface area contributed by atoms with Crippen LogP contribution in [0.25, 0.3) is 0 Å². The van der Waals surface area contributed by atoms with Crippen LogP contribution < -0.4 is 5.73 Å². The lowest BCUT2D eigenvalue weighted by molar-refractivity contribution is 0.0497. The lowest BCUT2D eigenvalue weighted by Crippen LogP contribution is -2.24. The van der Waals surface area contributed by atoms with Crippen molar-refractivity contribution in [2.45, 2.75) is 19.4 Å². The molecule has 0 saturated heterocycles. The zero-order valence-corrected chi connectivity index (χ0v) is 9.68. The second kappa shape index (κ2) is 6.63. The van der Waals surface area contributed by atoms with Gasteiger partial charge in [-0.3, -0.25) is 0 Å². The zero-order valence-electron chi connectivity index (χ0n) is 9.68. The Hall–Kier alpha value is -1.90. The number of hydrogen-bond acceptors (Lipinski definition) is 4. The molecule has 1 aromatic carbocycles. The van der Waals surface area contributed by atoms with E-state index in [1.807, 2.05) is 6.07 Å². The Labute approximate surface area is 100 Å². The van der Waals surface area contributed by atoms with Gasteiger partial charge in [0.15, 0.2) is 0 Å². The summed E-state index contributed by atoms with van der Waals surface area (Å²) >= 11 is 0. The van der Waals surface area contributed by atoms with E-state index >= 15 is 0 Å². The number of esters is 1. The van der Waals surface area contributed by atoms with Crippen LogP contribution in [-0.2, 0) is 9.53 Å². The maximum atomic E-state index is 11.5. The van der Waals surface area contributed by atoms with E-state index in [1.165, 1.54) is 0 Å². The average molecular weight is 233 g/mol. The van der Waals surface area contributed by atoms with E-state index in [1.54, 1.807) is 37.1 Å². The Morgan fingerprint density at radius 3 is 2.65 bits per heavy atom. The van der Waals surface area contributed by atoms with E-state index in [9.17, 15) is 9.59 Å². The van der Waals surface area contributed by atoms with Gasteiger partial charge in [0.25, 0.3) is 0 Å². The van der Waals surface area contributed by atoms with Crippen LogP contribution in [0.1, 0.15) is 23.7 Å². The van der Waals surface area contributed by atoms with Crippen LogP contribution in [0.4, 0.5) is 0 Å². The Morgan fingerprint density at radius 2 is 2.06 bits per heavy atom. The molecule has 4 heteroatoms. The quantitative estimate of drug-likeness (QED) is 0.615. The molecule has 1 atom stereocenters. The molecule has 0 aliphatic rings. The topological polar surface area (TPSA) is 69.4 Å². The Balaban J connectivity index is 2.38. The van der Waals surface area contributed by atoms with Gasteiger partial charge in [-0.2, -0.15) is 0 Å². The van der Waals surface area contributed by atoms with Gasteiger partial charge in [-0.15, -0.1) is 0 Å². The van der Waals surface area contributed by atoms with Crippen molar-refractivity contribution in [2.24, 2.45) is 5.73 Å². The second-order valence-electron chi connectivity index (χ2n) is 3.68. The van der Waals surface area contributed by atoms with E-state index in [0.717, 1.165) is 0 Å². The van der Waals surface area contributed by atoms with Gasteiger partial charge in [0.05, 0.1) is 12.2 Å². The van der Waals surface area contributed by atoms with E-state index in [4.69, 9.17) is 10.5 Å². The highest BCUT2D eigenvalue weighted by Crippen LogP contribution is 2.03. The fraction of sp³-hybridized carbons (Fsp3) is 0.308. The van der Waals surface area contributed by atoms with Crippen LogP contribution in [-0.4, -0.2) is 24.6 Å². The summed E-state index contributed by atoms with van der Waals surface area (Å²) in [6.07, 6.45) is 0.416. The van der Waals surface area contributed by atoms with Gasteiger partial charge in [-0.1, -0.05) is 18.2 Å². The first-order chi connectivity index (χ1) is 8.15. The van der Waals surface area contributed by atoms with Crippen molar-refractivity contribution in [2.75, 3.05) is 6.61 Å². The molecule has 0 aliphatic carbocycles. The molecule has 0 amide bonds. The molecule has 17 heavy (non-hydrogen) atoms. The number of ether oxygens (including phenoxy) is 1. The number of benzene rings is 1. The first kappa shape index (κ1) is 13.2. The molecule has 4 nitrogen and oxygen atoms in total. The molecule has 0 heterocycles. The summed E-state index contributed by atoms with van der Waals surface area (Å²) in [6.45, 7) is 1.80. The Kier molecular flexibility index (Phi) is 5.14. The summed E-state index contributed by atoms with van der Waals surface area (Å²) in [5.41, 5.74) is 6.60. The third-order valence-electron chi connectivity index (χ3n) is 2.39. The van der Waals surface area contributed by atoms with Crippen molar-refractivity contribution in [1.29, 1.82) is 0 Å². The number of carbonyl (C=O) groups excluding carboxylic acids is 2. The lowest BCUT2D eigenvalue weighted by atomic mass is 10.1. The van der Waals surface area contributed by atoms with Crippen molar-refractivity contribution in [3.8, 4) is 0 Å². The van der Waals surface area contributed by atoms with E-state index in [2.05, 4.69) is 0 Å². The Bertz CT molecular complexity index is 422. The third kappa shape index (κ3) is 4.23. The maximum absolute atomic E-state index is 11.5. The molecule has 2 N–H and O–H groups in total.